The van der Waals surface area contributed by atoms with Crippen LogP contribution >= 0.6 is 0 Å². The Kier molecular flexibility index (Phi) is 9.70. The van der Waals surface area contributed by atoms with Crippen LogP contribution in [-0.2, 0) is 19.6 Å². The van der Waals surface area contributed by atoms with Gasteiger partial charge in [-0.2, -0.15) is 4.31 Å². The molecule has 1 aromatic carbocycles. The smallest absolute Gasteiger partial charge is 0.250 e. The minimum atomic E-state index is -3.51. The fourth-order valence-electron chi connectivity index (χ4n) is 2.27. The molecule has 1 aromatic rings. The molecular weight excluding hydrogens is 340 g/mol. The third-order valence-electron chi connectivity index (χ3n) is 3.74. The molecule has 0 saturated carbocycles. The molecule has 0 radical (unpaired) electrons. The van der Waals surface area contributed by atoms with E-state index in [-0.39, 0.29) is 17.4 Å². The Morgan fingerprint density at radius 1 is 1.04 bits per heavy atom. The van der Waals surface area contributed by atoms with Gasteiger partial charge >= 0.3 is 0 Å². The standard InChI is InChI=1S/C18H30N2O4S/c1-4-7-13-20(14-8-5-2)25(22,23)17-11-9-16(10-12-17)19-18(21)15-24-6-3/h9-12H,4-8,13-15H2,1-3H3,(H,19,21). The molecule has 1 rings (SSSR count). The average molecular weight is 371 g/mol. The predicted molar refractivity (Wildman–Crippen MR) is 100 cm³/mol. The first-order chi connectivity index (χ1) is 12.0. The number of anilines is 1. The van der Waals surface area contributed by atoms with Gasteiger partial charge in [-0.25, -0.2) is 8.42 Å². The van der Waals surface area contributed by atoms with Gasteiger partial charge in [0, 0.05) is 25.4 Å². The molecule has 0 atom stereocenters. The molecule has 0 spiro atoms. The first-order valence-electron chi connectivity index (χ1n) is 8.93. The number of carbonyl (C=O) groups is 1. The molecule has 7 heteroatoms. The van der Waals surface area contributed by atoms with Gasteiger partial charge in [0.15, 0.2) is 0 Å². The highest BCUT2D eigenvalue weighted by atomic mass is 32.2. The molecule has 0 aliphatic carbocycles. The molecule has 0 unspecified atom stereocenters. The Labute approximate surface area is 151 Å². The van der Waals surface area contributed by atoms with Crippen LogP contribution in [0.2, 0.25) is 0 Å². The minimum absolute atomic E-state index is 0.0155. The first-order valence-corrected chi connectivity index (χ1v) is 10.4. The second-order valence-electron chi connectivity index (χ2n) is 5.82. The van der Waals surface area contributed by atoms with Gasteiger partial charge < -0.3 is 10.1 Å². The van der Waals surface area contributed by atoms with E-state index in [1.165, 1.54) is 12.1 Å². The second kappa shape index (κ2) is 11.2. The summed E-state index contributed by atoms with van der Waals surface area (Å²) in [6, 6.07) is 6.29. The summed E-state index contributed by atoms with van der Waals surface area (Å²) in [5, 5.41) is 2.68. The largest absolute Gasteiger partial charge is 0.372 e. The summed E-state index contributed by atoms with van der Waals surface area (Å²) in [7, 11) is -3.51. The van der Waals surface area contributed by atoms with Crippen LogP contribution in [0.4, 0.5) is 5.69 Å². The van der Waals surface area contributed by atoms with Crippen molar-refractivity contribution < 1.29 is 17.9 Å². The Morgan fingerprint density at radius 2 is 1.60 bits per heavy atom. The van der Waals surface area contributed by atoms with Gasteiger partial charge in [-0.3, -0.25) is 4.79 Å². The van der Waals surface area contributed by atoms with Crippen LogP contribution in [0.5, 0.6) is 0 Å². The van der Waals surface area contributed by atoms with Gasteiger partial charge in [0.25, 0.3) is 0 Å². The third kappa shape index (κ3) is 7.13. The Hall–Kier alpha value is -1.44. The summed E-state index contributed by atoms with van der Waals surface area (Å²) in [5.41, 5.74) is 0.553. The number of nitrogens with one attached hydrogen (secondary N) is 1. The number of unbranched alkanes of at least 4 members (excludes halogenated alkanes) is 2. The van der Waals surface area contributed by atoms with Crippen molar-refractivity contribution in [2.24, 2.45) is 0 Å². The van der Waals surface area contributed by atoms with E-state index in [2.05, 4.69) is 5.32 Å². The molecular formula is C18H30N2O4S. The lowest BCUT2D eigenvalue weighted by Gasteiger charge is -2.22. The number of carbonyl (C=O) groups excluding carboxylic acids is 1. The van der Waals surface area contributed by atoms with Crippen LogP contribution in [0.15, 0.2) is 29.2 Å². The molecule has 0 bridgehead atoms. The quantitative estimate of drug-likeness (QED) is 0.613. The van der Waals surface area contributed by atoms with Gasteiger partial charge in [-0.15, -0.1) is 0 Å². The maximum atomic E-state index is 12.8. The van der Waals surface area contributed by atoms with Crippen molar-refractivity contribution in [3.05, 3.63) is 24.3 Å². The maximum Gasteiger partial charge on any atom is 0.250 e. The number of benzene rings is 1. The molecule has 0 fully saturated rings. The molecule has 1 amide bonds. The monoisotopic (exact) mass is 370 g/mol. The van der Waals surface area contributed by atoms with Crippen molar-refractivity contribution in [1.29, 1.82) is 0 Å². The molecule has 0 saturated heterocycles. The zero-order valence-corrected chi connectivity index (χ0v) is 16.3. The summed E-state index contributed by atoms with van der Waals surface area (Å²) in [6.45, 7) is 7.43. The summed E-state index contributed by atoms with van der Waals surface area (Å²) >= 11 is 0. The van der Waals surface area contributed by atoms with E-state index in [0.29, 0.717) is 25.4 Å². The Morgan fingerprint density at radius 3 is 2.08 bits per heavy atom. The fraction of sp³-hybridized carbons (Fsp3) is 0.611. The van der Waals surface area contributed by atoms with Gasteiger partial charge in [-0.1, -0.05) is 26.7 Å². The lowest BCUT2D eigenvalue weighted by molar-refractivity contribution is -0.120. The summed E-state index contributed by atoms with van der Waals surface area (Å²) < 4.78 is 32.3. The van der Waals surface area contributed by atoms with Crippen LogP contribution < -0.4 is 5.32 Å². The van der Waals surface area contributed by atoms with E-state index < -0.39 is 10.0 Å². The van der Waals surface area contributed by atoms with E-state index in [9.17, 15) is 13.2 Å². The molecule has 25 heavy (non-hydrogen) atoms. The molecule has 6 nitrogen and oxygen atoms in total. The minimum Gasteiger partial charge on any atom is -0.372 e. The number of hydrogen-bond donors (Lipinski definition) is 1. The number of amides is 1. The van der Waals surface area contributed by atoms with Crippen molar-refractivity contribution >= 4 is 21.6 Å². The van der Waals surface area contributed by atoms with E-state index in [1.807, 2.05) is 20.8 Å². The van der Waals surface area contributed by atoms with Crippen LogP contribution in [0.25, 0.3) is 0 Å². The van der Waals surface area contributed by atoms with Crippen molar-refractivity contribution in [2.45, 2.75) is 51.3 Å². The second-order valence-corrected chi connectivity index (χ2v) is 7.76. The van der Waals surface area contributed by atoms with Gasteiger partial charge in [0.1, 0.15) is 6.61 Å². The highest BCUT2D eigenvalue weighted by Gasteiger charge is 2.23. The van der Waals surface area contributed by atoms with Crippen LogP contribution in [0.1, 0.15) is 46.5 Å². The fourth-order valence-corrected chi connectivity index (χ4v) is 3.79. The van der Waals surface area contributed by atoms with E-state index in [0.717, 1.165) is 25.7 Å². The molecule has 0 aromatic heterocycles. The molecule has 1 N–H and O–H groups in total. The predicted octanol–water partition coefficient (Wildman–Crippen LogP) is 3.25. The van der Waals surface area contributed by atoms with Crippen LogP contribution in [0, 0.1) is 0 Å². The van der Waals surface area contributed by atoms with Crippen LogP contribution in [0.3, 0.4) is 0 Å². The summed E-state index contributed by atoms with van der Waals surface area (Å²) in [6.07, 6.45) is 3.58. The van der Waals surface area contributed by atoms with Gasteiger partial charge in [-0.05, 0) is 44.0 Å². The van der Waals surface area contributed by atoms with E-state index in [4.69, 9.17) is 4.74 Å². The SMILES string of the molecule is CCCCN(CCCC)S(=O)(=O)c1ccc(NC(=O)COCC)cc1. The maximum absolute atomic E-state index is 12.8. The molecule has 142 valence electrons. The van der Waals surface area contributed by atoms with Crippen LogP contribution in [-0.4, -0.2) is 44.9 Å². The van der Waals surface area contributed by atoms with Crippen molar-refractivity contribution in [3.63, 3.8) is 0 Å². The van der Waals surface area contributed by atoms with E-state index >= 15 is 0 Å². The lowest BCUT2D eigenvalue weighted by Crippen LogP contribution is -2.33. The van der Waals surface area contributed by atoms with Gasteiger partial charge in [0.05, 0.1) is 4.90 Å². The number of rotatable bonds is 12. The Bertz CT molecular complexity index is 606. The van der Waals surface area contributed by atoms with Crippen molar-refractivity contribution in [3.8, 4) is 0 Å². The summed E-state index contributed by atoms with van der Waals surface area (Å²) in [4.78, 5) is 11.9. The number of hydrogen-bond acceptors (Lipinski definition) is 4. The topological polar surface area (TPSA) is 75.7 Å². The normalized spacial score (nSPS) is 11.7. The van der Waals surface area contributed by atoms with Crippen molar-refractivity contribution in [1.82, 2.24) is 4.31 Å². The summed E-state index contributed by atoms with van der Waals surface area (Å²) in [5.74, 6) is -0.259. The zero-order chi connectivity index (χ0) is 18.7. The molecule has 0 aliphatic heterocycles. The number of ether oxygens (including phenoxy) is 1. The first kappa shape index (κ1) is 21.6. The Balaban J connectivity index is 2.83. The highest BCUT2D eigenvalue weighted by molar-refractivity contribution is 7.89. The van der Waals surface area contributed by atoms with Crippen molar-refractivity contribution in [2.75, 3.05) is 31.6 Å². The third-order valence-corrected chi connectivity index (χ3v) is 5.65. The average Bonchev–Trinajstić information content (AvgIpc) is 2.60. The highest BCUT2D eigenvalue weighted by Crippen LogP contribution is 2.19. The lowest BCUT2D eigenvalue weighted by atomic mass is 10.3. The van der Waals surface area contributed by atoms with Gasteiger partial charge in [0.2, 0.25) is 15.9 Å². The number of sulfonamides is 1. The van der Waals surface area contributed by atoms with E-state index in [1.54, 1.807) is 16.4 Å². The zero-order valence-electron chi connectivity index (χ0n) is 15.5. The molecule has 0 heterocycles. The molecule has 0 aliphatic rings. The number of nitrogens with zero attached hydrogens (tertiary/aromatic N) is 1.